The monoisotopic (exact) mass is 346 g/mol. The van der Waals surface area contributed by atoms with Crippen molar-refractivity contribution in [2.24, 2.45) is 0 Å². The van der Waals surface area contributed by atoms with Crippen molar-refractivity contribution in [3.8, 4) is 11.8 Å². The summed E-state index contributed by atoms with van der Waals surface area (Å²) >= 11 is 0. The minimum atomic E-state index is -0.256. The number of aromatic nitrogens is 2. The average molecular weight is 346 g/mol. The van der Waals surface area contributed by atoms with Gasteiger partial charge in [-0.1, -0.05) is 42.5 Å². The molecule has 0 radical (unpaired) electrons. The van der Waals surface area contributed by atoms with Crippen LogP contribution in [-0.4, -0.2) is 22.3 Å². The van der Waals surface area contributed by atoms with E-state index in [0.29, 0.717) is 24.4 Å². The maximum Gasteiger partial charge on any atom is 0.258 e. The van der Waals surface area contributed by atoms with Crippen molar-refractivity contribution >= 4 is 5.91 Å². The predicted octanol–water partition coefficient (Wildman–Crippen LogP) is 2.50. The highest BCUT2D eigenvalue weighted by Crippen LogP contribution is 2.16. The van der Waals surface area contributed by atoms with Gasteiger partial charge in [0.2, 0.25) is 0 Å². The molecule has 0 saturated carbocycles. The molecule has 0 fully saturated rings. The number of carbonyl (C=O) groups is 1. The number of nitrogens with zero attached hydrogens (tertiary/aromatic N) is 3. The van der Waals surface area contributed by atoms with Gasteiger partial charge in [-0.3, -0.25) is 9.48 Å². The lowest BCUT2D eigenvalue weighted by Crippen LogP contribution is -2.28. The van der Waals surface area contributed by atoms with Gasteiger partial charge >= 0.3 is 0 Å². The van der Waals surface area contributed by atoms with E-state index in [1.807, 2.05) is 47.3 Å². The number of nitrogens with one attached hydrogen (secondary N) is 1. The van der Waals surface area contributed by atoms with Crippen molar-refractivity contribution in [3.05, 3.63) is 83.7 Å². The molecule has 0 aliphatic carbocycles. The minimum absolute atomic E-state index is 0.142. The standard InChI is InChI=1S/C20H18N4O2/c21-10-18-8-4-5-9-19(18)26-15-20(25)22-11-17-12-23-24(14-17)13-16-6-2-1-3-7-16/h1-9,12,14H,11,13,15H2,(H,22,25). The normalized spacial score (nSPS) is 10.1. The van der Waals surface area contributed by atoms with Crippen molar-refractivity contribution < 1.29 is 9.53 Å². The molecule has 3 rings (SSSR count). The van der Waals surface area contributed by atoms with Gasteiger partial charge in [0.15, 0.2) is 6.61 Å². The molecule has 0 spiro atoms. The summed E-state index contributed by atoms with van der Waals surface area (Å²) in [6.45, 7) is 0.913. The van der Waals surface area contributed by atoms with Crippen molar-refractivity contribution in [2.45, 2.75) is 13.1 Å². The van der Waals surface area contributed by atoms with E-state index < -0.39 is 0 Å². The van der Waals surface area contributed by atoms with E-state index in [1.54, 1.807) is 30.5 Å². The van der Waals surface area contributed by atoms with Crippen molar-refractivity contribution in [2.75, 3.05) is 6.61 Å². The molecular weight excluding hydrogens is 328 g/mol. The highest BCUT2D eigenvalue weighted by atomic mass is 16.5. The molecular formula is C20H18N4O2. The summed E-state index contributed by atoms with van der Waals surface area (Å²) in [7, 11) is 0. The molecule has 0 aliphatic heterocycles. The second-order valence-corrected chi connectivity index (χ2v) is 5.71. The van der Waals surface area contributed by atoms with E-state index in [1.165, 1.54) is 0 Å². The Kier molecular flexibility index (Phi) is 5.63. The number of nitriles is 1. The van der Waals surface area contributed by atoms with Gasteiger partial charge in [-0.05, 0) is 17.7 Å². The van der Waals surface area contributed by atoms with Crippen LogP contribution in [0.15, 0.2) is 67.0 Å². The summed E-state index contributed by atoms with van der Waals surface area (Å²) < 4.78 is 7.24. The minimum Gasteiger partial charge on any atom is -0.482 e. The van der Waals surface area contributed by atoms with Crippen molar-refractivity contribution in [1.82, 2.24) is 15.1 Å². The van der Waals surface area contributed by atoms with E-state index in [-0.39, 0.29) is 12.5 Å². The summed E-state index contributed by atoms with van der Waals surface area (Å²) in [6.07, 6.45) is 3.63. The third kappa shape index (κ3) is 4.71. The van der Waals surface area contributed by atoms with Gasteiger partial charge in [0, 0.05) is 18.3 Å². The van der Waals surface area contributed by atoms with E-state index in [9.17, 15) is 4.79 Å². The quantitative estimate of drug-likeness (QED) is 0.713. The number of hydrogen-bond donors (Lipinski definition) is 1. The Balaban J connectivity index is 1.47. The summed E-state index contributed by atoms with van der Waals surface area (Å²) in [5, 5.41) is 16.1. The SMILES string of the molecule is N#Cc1ccccc1OCC(=O)NCc1cnn(Cc2ccccc2)c1. The molecule has 0 unspecified atom stereocenters. The molecule has 1 amide bonds. The van der Waals surface area contributed by atoms with Gasteiger partial charge in [0.25, 0.3) is 5.91 Å². The van der Waals surface area contributed by atoms with Crippen molar-refractivity contribution in [1.29, 1.82) is 5.26 Å². The lowest BCUT2D eigenvalue weighted by Gasteiger charge is -2.07. The lowest BCUT2D eigenvalue weighted by molar-refractivity contribution is -0.123. The van der Waals surface area contributed by atoms with E-state index in [0.717, 1.165) is 11.1 Å². The smallest absolute Gasteiger partial charge is 0.258 e. The van der Waals surface area contributed by atoms with Crippen LogP contribution in [-0.2, 0) is 17.9 Å². The second kappa shape index (κ2) is 8.49. The van der Waals surface area contributed by atoms with Crippen LogP contribution in [0.4, 0.5) is 0 Å². The first-order valence-corrected chi connectivity index (χ1v) is 8.18. The maximum atomic E-state index is 11.9. The maximum absolute atomic E-state index is 11.9. The Hall–Kier alpha value is -3.59. The molecule has 0 aliphatic rings. The molecule has 3 aromatic rings. The molecule has 0 atom stereocenters. The number of carbonyl (C=O) groups excluding carboxylic acids is 1. The number of rotatable bonds is 7. The largest absolute Gasteiger partial charge is 0.482 e. The van der Waals surface area contributed by atoms with Gasteiger partial charge in [-0.15, -0.1) is 0 Å². The van der Waals surface area contributed by atoms with E-state index >= 15 is 0 Å². The average Bonchev–Trinajstić information content (AvgIpc) is 3.13. The van der Waals surface area contributed by atoms with Gasteiger partial charge in [-0.25, -0.2) is 0 Å². The highest BCUT2D eigenvalue weighted by Gasteiger charge is 2.07. The van der Waals surface area contributed by atoms with Gasteiger partial charge in [-0.2, -0.15) is 10.4 Å². The first-order chi connectivity index (χ1) is 12.7. The zero-order valence-electron chi connectivity index (χ0n) is 14.1. The summed E-state index contributed by atoms with van der Waals surface area (Å²) in [5.41, 5.74) is 2.48. The van der Waals surface area contributed by atoms with Crippen molar-refractivity contribution in [3.63, 3.8) is 0 Å². The zero-order chi connectivity index (χ0) is 18.2. The van der Waals surface area contributed by atoms with Crippen LogP contribution in [0, 0.1) is 11.3 Å². The summed E-state index contributed by atoms with van der Waals surface area (Å²) in [4.78, 5) is 11.9. The van der Waals surface area contributed by atoms with Crippen LogP contribution in [0.1, 0.15) is 16.7 Å². The fraction of sp³-hybridized carbons (Fsp3) is 0.150. The summed E-state index contributed by atoms with van der Waals surface area (Å²) in [5.74, 6) is 0.148. The van der Waals surface area contributed by atoms with Gasteiger partial charge in [0.05, 0.1) is 18.3 Å². The fourth-order valence-electron chi connectivity index (χ4n) is 2.43. The highest BCUT2D eigenvalue weighted by molar-refractivity contribution is 5.77. The molecule has 0 bridgehead atoms. The third-order valence-corrected chi connectivity index (χ3v) is 3.73. The molecule has 1 aromatic heterocycles. The van der Waals surface area contributed by atoms with Gasteiger partial charge in [0.1, 0.15) is 11.8 Å². The molecule has 1 N–H and O–H groups in total. The summed E-state index contributed by atoms with van der Waals surface area (Å²) in [6, 6.07) is 18.9. The number of para-hydroxylation sites is 1. The first-order valence-electron chi connectivity index (χ1n) is 8.18. The first kappa shape index (κ1) is 17.2. The Morgan fingerprint density at radius 1 is 1.12 bits per heavy atom. The Morgan fingerprint density at radius 2 is 1.88 bits per heavy atom. The van der Waals surface area contributed by atoms with Crippen LogP contribution < -0.4 is 10.1 Å². The Bertz CT molecular complexity index is 913. The fourth-order valence-corrected chi connectivity index (χ4v) is 2.43. The molecule has 1 heterocycles. The van der Waals surface area contributed by atoms with E-state index in [4.69, 9.17) is 10.00 Å². The molecule has 6 heteroatoms. The lowest BCUT2D eigenvalue weighted by atomic mass is 10.2. The number of amides is 1. The second-order valence-electron chi connectivity index (χ2n) is 5.71. The predicted molar refractivity (Wildman–Crippen MR) is 96.3 cm³/mol. The number of benzene rings is 2. The Morgan fingerprint density at radius 3 is 2.69 bits per heavy atom. The molecule has 26 heavy (non-hydrogen) atoms. The third-order valence-electron chi connectivity index (χ3n) is 3.73. The topological polar surface area (TPSA) is 79.9 Å². The zero-order valence-corrected chi connectivity index (χ0v) is 14.1. The molecule has 6 nitrogen and oxygen atoms in total. The molecule has 0 saturated heterocycles. The van der Waals surface area contributed by atoms with E-state index in [2.05, 4.69) is 10.4 Å². The van der Waals surface area contributed by atoms with Crippen LogP contribution in [0.3, 0.4) is 0 Å². The molecule has 130 valence electrons. The van der Waals surface area contributed by atoms with Crippen LogP contribution in [0.5, 0.6) is 5.75 Å². The van der Waals surface area contributed by atoms with Gasteiger partial charge < -0.3 is 10.1 Å². The number of hydrogen-bond acceptors (Lipinski definition) is 4. The Labute approximate surface area is 151 Å². The number of ether oxygens (including phenoxy) is 1. The van der Waals surface area contributed by atoms with Crippen LogP contribution in [0.2, 0.25) is 0 Å². The molecule has 2 aromatic carbocycles. The van der Waals surface area contributed by atoms with Crippen LogP contribution >= 0.6 is 0 Å². The van der Waals surface area contributed by atoms with Crippen LogP contribution in [0.25, 0.3) is 0 Å².